The average Bonchev–Trinajstić information content (AvgIpc) is 1.60. The molecule has 43 nitrogen and oxygen atoms in total. The largest absolute Gasteiger partial charge is 0.422 e. The van der Waals surface area contributed by atoms with Crippen molar-refractivity contribution in [2.45, 2.75) is 409 Å². The molecule has 12 saturated heterocycles. The molecular formula is C86H157F8N3O40. The number of ether oxygens (including phenoxy) is 14. The van der Waals surface area contributed by atoms with Crippen LogP contribution in [0.15, 0.2) is 41.3 Å². The van der Waals surface area contributed by atoms with Gasteiger partial charge in [-0.1, -0.05) is 29.4 Å². The van der Waals surface area contributed by atoms with Crippen molar-refractivity contribution in [1.29, 1.82) is 0 Å². The van der Waals surface area contributed by atoms with Crippen molar-refractivity contribution < 1.29 is 234 Å². The van der Waals surface area contributed by atoms with E-state index < -0.39 is 183 Å². The average molecular weight is 2030 g/mol. The number of azide groups is 1. The van der Waals surface area contributed by atoms with Crippen LogP contribution in [0, 0.1) is 0 Å². The molecule has 26 N–H and O–H groups in total. The number of halogens is 8. The van der Waals surface area contributed by atoms with Gasteiger partial charge in [0.1, 0.15) is 128 Å². The van der Waals surface area contributed by atoms with Crippen LogP contribution in [-0.4, -0.2) is 499 Å². The van der Waals surface area contributed by atoms with Crippen molar-refractivity contribution in [1.82, 2.24) is 0 Å². The fourth-order valence-corrected chi connectivity index (χ4v) is 14.9. The zero-order chi connectivity index (χ0) is 105. The van der Waals surface area contributed by atoms with Crippen LogP contribution in [0.1, 0.15) is 142 Å². The Labute approximate surface area is 791 Å². The van der Waals surface area contributed by atoms with Gasteiger partial charge in [-0.2, -0.15) is 13.2 Å². The van der Waals surface area contributed by atoms with Gasteiger partial charge in [0.15, 0.2) is 6.17 Å². The molecule has 14 aliphatic heterocycles. The Morgan fingerprint density at radius 3 is 0.978 bits per heavy atom. The Morgan fingerprint density at radius 2 is 0.774 bits per heavy atom. The number of hydrogen-bond donors (Lipinski definition) is 26. The Balaban J connectivity index is 0.000000739. The van der Waals surface area contributed by atoms with Crippen LogP contribution in [0.5, 0.6) is 0 Å². The van der Waals surface area contributed by atoms with E-state index in [9.17, 15) is 50.4 Å². The summed E-state index contributed by atoms with van der Waals surface area (Å²) in [5, 5.41) is 233. The summed E-state index contributed by atoms with van der Waals surface area (Å²) in [4.78, 5) is 2.68. The summed E-state index contributed by atoms with van der Waals surface area (Å²) in [6, 6.07) is -0.194. The molecule has 0 aromatic heterocycles. The first-order valence-corrected chi connectivity index (χ1v) is 45.4. The van der Waals surface area contributed by atoms with Crippen molar-refractivity contribution in [2.24, 2.45) is 5.11 Å². The Hall–Kier alpha value is -3.63. The van der Waals surface area contributed by atoms with Gasteiger partial charge in [-0.05, 0) is 135 Å². The minimum atomic E-state index is -4.99. The van der Waals surface area contributed by atoms with E-state index in [1.165, 1.54) is 20.8 Å². The molecule has 812 valence electrons. The molecule has 137 heavy (non-hydrogen) atoms. The molecule has 0 aromatic rings. The normalized spacial score (nSPS) is 42.7. The van der Waals surface area contributed by atoms with E-state index >= 15 is 0 Å². The van der Waals surface area contributed by atoms with Crippen LogP contribution in [0.25, 0.3) is 10.4 Å². The van der Waals surface area contributed by atoms with Gasteiger partial charge in [0.25, 0.3) is 0 Å². The SMILES string of the molecule is C[C@@H]1C=C[C@H](CO)O1.C[C@@H]1CC[C@H](CO)O1.C[C@@H]1O[C@H](CO)[C@@H](O)C1(F)F.C[C@@H]1O[C@H](CO)[C@@H](O)[C@@H]1O.C[C@@H]1O[C@H](CO)[C@@H](O)[C@@]1(C)O.C[C@@H]1O[C@H](CO)[C@@H](O)[C@H]1F.C[C@@H]1O[C@H](CO)[C@@H](O)[C@H]1O.C[C@@H]1O[C@H](CO)[C@@H](O)[C@]1(O)C(F)(F)F.C[C@H]1C=C[C@@H](CO)O1.C[C@H]1CC[C@@H](CO)O1.C[C@H]1C[C@H](F)[C@@H](CO)O1.C[C@H]1C[C@H](N=[N+]=[N-])[C@@H](CO)O1.C[C@H]1C[C@H](O)[C@@H](CO)O1.OC[C@H]1OC/C(=C\F)[C@@H]1O. The summed E-state index contributed by atoms with van der Waals surface area (Å²) in [5.74, 6) is -3.24. The molecule has 0 spiro atoms. The number of nitrogens with zero attached hydrogens (tertiary/aromatic N) is 3. The molecule has 0 bridgehead atoms. The van der Waals surface area contributed by atoms with Gasteiger partial charge in [-0.15, -0.1) is 0 Å². The second-order valence-corrected chi connectivity index (χ2v) is 34.9. The second-order valence-electron chi connectivity index (χ2n) is 34.9. The lowest BCUT2D eigenvalue weighted by molar-refractivity contribution is -0.291. The van der Waals surface area contributed by atoms with E-state index in [1.54, 1.807) is 20.8 Å². The predicted molar refractivity (Wildman–Crippen MR) is 464 cm³/mol. The lowest BCUT2D eigenvalue weighted by Gasteiger charge is -2.31. The van der Waals surface area contributed by atoms with Crippen LogP contribution >= 0.6 is 0 Å². The first-order valence-electron chi connectivity index (χ1n) is 45.4. The highest BCUT2D eigenvalue weighted by molar-refractivity contribution is 5.12. The van der Waals surface area contributed by atoms with Gasteiger partial charge < -0.3 is 199 Å². The zero-order valence-corrected chi connectivity index (χ0v) is 79.7. The van der Waals surface area contributed by atoms with Gasteiger partial charge >= 0.3 is 12.1 Å². The summed E-state index contributed by atoms with van der Waals surface area (Å²) >= 11 is 0. The van der Waals surface area contributed by atoms with Gasteiger partial charge in [0, 0.05) is 23.3 Å². The monoisotopic (exact) mass is 2020 g/mol. The van der Waals surface area contributed by atoms with Crippen molar-refractivity contribution >= 4 is 0 Å². The first kappa shape index (κ1) is 131. The molecule has 0 aliphatic carbocycles. The van der Waals surface area contributed by atoms with E-state index in [0.717, 1.165) is 32.6 Å². The van der Waals surface area contributed by atoms with Gasteiger partial charge in [0.05, 0.1) is 221 Å². The molecule has 14 heterocycles. The fraction of sp³-hybridized carbons (Fsp3) is 0.930. The highest BCUT2D eigenvalue weighted by Gasteiger charge is 2.68. The molecular weight excluding hydrogens is 1870 g/mol. The summed E-state index contributed by atoms with van der Waals surface area (Å²) in [5.41, 5.74) is 3.79. The van der Waals surface area contributed by atoms with Crippen molar-refractivity contribution in [2.75, 3.05) is 99.1 Å². The third-order valence-corrected chi connectivity index (χ3v) is 23.7. The maximum absolute atomic E-state index is 12.7. The second kappa shape index (κ2) is 65.8. The Kier molecular flexibility index (Phi) is 63.1. The minimum absolute atomic E-state index is 0.0304. The lowest BCUT2D eigenvalue weighted by Crippen LogP contribution is -2.58. The molecule has 14 aliphatic rings. The molecule has 0 amide bonds. The lowest BCUT2D eigenvalue weighted by atomic mass is 9.91. The maximum atomic E-state index is 12.7. The highest BCUT2D eigenvalue weighted by atomic mass is 19.4. The Bertz CT molecular complexity index is 3130. The molecule has 0 radical (unpaired) electrons. The van der Waals surface area contributed by atoms with Crippen LogP contribution < -0.4 is 0 Å². The summed E-state index contributed by atoms with van der Waals surface area (Å²) in [7, 11) is 0. The molecule has 12 fully saturated rings. The van der Waals surface area contributed by atoms with Crippen molar-refractivity contribution in [3.63, 3.8) is 0 Å². The van der Waals surface area contributed by atoms with Crippen LogP contribution in [0.2, 0.25) is 0 Å². The van der Waals surface area contributed by atoms with Gasteiger partial charge in [0.2, 0.25) is 5.60 Å². The number of alkyl halides is 7. The van der Waals surface area contributed by atoms with Crippen LogP contribution in [0.3, 0.4) is 0 Å². The topological polar surface area (TPSA) is 704 Å². The van der Waals surface area contributed by atoms with Crippen LogP contribution in [-0.2, 0) is 66.3 Å². The summed E-state index contributed by atoms with van der Waals surface area (Å²) < 4.78 is 170. The number of hydrogen-bond acceptors (Lipinski definition) is 41. The predicted octanol–water partition coefficient (Wildman–Crippen LogP) is -3.32. The van der Waals surface area contributed by atoms with E-state index in [-0.39, 0.29) is 177 Å². The molecule has 0 unspecified atom stereocenters. The highest BCUT2D eigenvalue weighted by Crippen LogP contribution is 2.44. The number of aliphatic hydroxyl groups excluding tert-OH is 24. The maximum Gasteiger partial charge on any atom is 0.422 e. The smallest absolute Gasteiger partial charge is 0.394 e. The van der Waals surface area contributed by atoms with E-state index in [0.29, 0.717) is 37.8 Å². The first-order chi connectivity index (χ1) is 64.1. The molecule has 51 heteroatoms. The van der Waals surface area contributed by atoms with E-state index in [4.69, 9.17) is 180 Å². The fourth-order valence-electron chi connectivity index (χ4n) is 14.9. The summed E-state index contributed by atoms with van der Waals surface area (Å²) in [6.07, 6.45) is -15.0. The number of rotatable bonds is 15. The van der Waals surface area contributed by atoms with Crippen molar-refractivity contribution in [3.8, 4) is 0 Å². The third kappa shape index (κ3) is 42.0. The molecule has 0 saturated carbocycles. The van der Waals surface area contributed by atoms with E-state index in [2.05, 4.69) is 19.5 Å². The summed E-state index contributed by atoms with van der Waals surface area (Å²) in [6.45, 7) is 21.3. The molecule has 14 rings (SSSR count). The minimum Gasteiger partial charge on any atom is -0.394 e. The van der Waals surface area contributed by atoms with Gasteiger partial charge in [-0.3, -0.25) is 0 Å². The van der Waals surface area contributed by atoms with Crippen molar-refractivity contribution in [3.05, 3.63) is 46.6 Å². The Morgan fingerprint density at radius 1 is 0.394 bits per heavy atom. The number of aliphatic hydroxyl groups is 26. The molecule has 0 aromatic carbocycles. The standard InChI is InChI=1S/C7H11F3O4.C7H14O4.C6H10F2O3.C6H9FO3.C6H11FO3.C6H11FO2.C6H11N3O2.2C6H12O4.C6H12O3.2C6H12O2.2C6H10O2/c1-3-6(13,7(8,9)10)5(12)4(2-11)14-3;1-4-7(2,10)6(9)5(3-8)11-4;1-3-6(7,8)5(10)4(2-9)11-3;7-1-4-3-10-5(2-8)6(4)9;1-3-5(7)6(9)4(2-8)10-3;1-4-2-5(7)6(3-8)9-4;1-4-2-5(8-9-7)6(3-10)11-4;2*1-3-5(8)6(9)4(2-7)10-3;1-4-2-5(8)6(3-7)9-4;4*1-5-2-3-6(4-7)8-5/h3-5,11-13H,2H2,1H3;4-6,8-10H,3H2,1-2H3;3-5,9-10H,2H2,1H3;1,5-6,8-9H,2-3H2;3-6,8-9H,2H2,1H3;4-6,8H,2-3H2,1H3;4-6,10H,2-3H2,1H3;2*3-9H,2H2,1H3;4-8H,2-3H2,1H3;2*5-7H,2-4H2,1H3;2*2-3,5-7H,4H2,1H3/b;;;4-1+;;;;;;;;;;/t3-,4+,5+,6-;4-,5+,6+,7-;3-,4+,5+;5-,6+;3-,4+,5-,6+;2*4-,5-,6+;3-,4+,5+,6+;3-,4+,5-,6+;4-,5-,6+;4*5-,6-/m00010000001010/s1. The van der Waals surface area contributed by atoms with Gasteiger partial charge in [-0.25, -0.2) is 22.0 Å². The molecule has 42 atom stereocenters. The van der Waals surface area contributed by atoms with Crippen LogP contribution in [0.4, 0.5) is 35.1 Å². The quantitative estimate of drug-likeness (QED) is 0.0251. The van der Waals surface area contributed by atoms with E-state index in [1.807, 2.05) is 72.8 Å². The zero-order valence-electron chi connectivity index (χ0n) is 79.7. The third-order valence-electron chi connectivity index (χ3n) is 23.7.